The van der Waals surface area contributed by atoms with Crippen molar-refractivity contribution in [3.8, 4) is 6.07 Å². The summed E-state index contributed by atoms with van der Waals surface area (Å²) in [5.41, 5.74) is 0. The summed E-state index contributed by atoms with van der Waals surface area (Å²) in [5.74, 6) is 0.913. The average Bonchev–Trinajstić information content (AvgIpc) is 2.26. The summed E-state index contributed by atoms with van der Waals surface area (Å²) in [6.45, 7) is 0. The van der Waals surface area contributed by atoms with E-state index in [1.54, 1.807) is 25.0 Å². The van der Waals surface area contributed by atoms with Crippen LogP contribution in [-0.2, 0) is 0 Å². The normalized spacial score (nSPS) is 12.0. The van der Waals surface area contributed by atoms with Gasteiger partial charge in [0.15, 0.2) is 0 Å². The highest BCUT2D eigenvalue weighted by atomic mass is 32.2. The van der Waals surface area contributed by atoms with Crippen LogP contribution in [-0.4, -0.2) is 23.8 Å². The highest BCUT2D eigenvalue weighted by Crippen LogP contribution is 2.15. The van der Waals surface area contributed by atoms with Crippen LogP contribution in [0, 0.1) is 11.3 Å². The predicted molar refractivity (Wildman–Crippen MR) is 58.0 cm³/mol. The molecule has 0 aliphatic rings. The lowest BCUT2D eigenvalue weighted by Gasteiger charge is -2.05. The Morgan fingerprint density at radius 3 is 3.07 bits per heavy atom. The maximum absolute atomic E-state index is 8.69. The van der Waals surface area contributed by atoms with Crippen molar-refractivity contribution in [2.24, 2.45) is 0 Å². The van der Waals surface area contributed by atoms with Crippen molar-refractivity contribution in [3.05, 3.63) is 24.4 Å². The van der Waals surface area contributed by atoms with E-state index in [2.05, 4.69) is 16.4 Å². The zero-order chi connectivity index (χ0) is 10.2. The molecule has 1 N–H and O–H groups in total. The SMILES string of the molecule is CNC(C#N)CCSc1ccccn1. The van der Waals surface area contributed by atoms with E-state index in [1.165, 1.54) is 0 Å². The summed E-state index contributed by atoms with van der Waals surface area (Å²) in [7, 11) is 1.80. The number of hydrogen-bond donors (Lipinski definition) is 1. The van der Waals surface area contributed by atoms with Gasteiger partial charge in [-0.3, -0.25) is 0 Å². The molecule has 1 unspecified atom stereocenters. The number of aromatic nitrogens is 1. The number of nitrogens with zero attached hydrogens (tertiary/aromatic N) is 2. The monoisotopic (exact) mass is 207 g/mol. The highest BCUT2D eigenvalue weighted by molar-refractivity contribution is 7.99. The average molecular weight is 207 g/mol. The van der Waals surface area contributed by atoms with Crippen molar-refractivity contribution in [2.75, 3.05) is 12.8 Å². The van der Waals surface area contributed by atoms with Crippen molar-refractivity contribution < 1.29 is 0 Å². The molecule has 0 saturated carbocycles. The first-order chi connectivity index (χ1) is 6.86. The lowest BCUT2D eigenvalue weighted by Crippen LogP contribution is -2.23. The Balaban J connectivity index is 2.26. The number of nitrogens with one attached hydrogen (secondary N) is 1. The zero-order valence-corrected chi connectivity index (χ0v) is 8.92. The van der Waals surface area contributed by atoms with Gasteiger partial charge < -0.3 is 5.32 Å². The smallest absolute Gasteiger partial charge is 0.0959 e. The van der Waals surface area contributed by atoms with Gasteiger partial charge in [-0.1, -0.05) is 6.07 Å². The maximum Gasteiger partial charge on any atom is 0.0959 e. The first kappa shape index (κ1) is 11.0. The quantitative estimate of drug-likeness (QED) is 0.746. The van der Waals surface area contributed by atoms with Crippen LogP contribution in [0.2, 0.25) is 0 Å². The van der Waals surface area contributed by atoms with Crippen molar-refractivity contribution in [1.82, 2.24) is 10.3 Å². The van der Waals surface area contributed by atoms with E-state index in [0.717, 1.165) is 17.2 Å². The lowest BCUT2D eigenvalue weighted by molar-refractivity contribution is 0.663. The van der Waals surface area contributed by atoms with Crippen molar-refractivity contribution in [2.45, 2.75) is 17.5 Å². The summed E-state index contributed by atoms with van der Waals surface area (Å²) >= 11 is 1.68. The molecule has 0 bridgehead atoms. The van der Waals surface area contributed by atoms with E-state index in [4.69, 9.17) is 5.26 Å². The largest absolute Gasteiger partial charge is 0.305 e. The van der Waals surface area contributed by atoms with Crippen LogP contribution in [0.5, 0.6) is 0 Å². The van der Waals surface area contributed by atoms with Gasteiger partial charge in [-0.15, -0.1) is 11.8 Å². The van der Waals surface area contributed by atoms with E-state index in [1.807, 2.05) is 18.2 Å². The van der Waals surface area contributed by atoms with Crippen LogP contribution in [0.15, 0.2) is 29.4 Å². The molecule has 0 saturated heterocycles. The zero-order valence-electron chi connectivity index (χ0n) is 8.10. The molecule has 0 fully saturated rings. The van der Waals surface area contributed by atoms with Gasteiger partial charge in [0, 0.05) is 11.9 Å². The van der Waals surface area contributed by atoms with Gasteiger partial charge in [-0.05, 0) is 25.6 Å². The summed E-state index contributed by atoms with van der Waals surface area (Å²) in [4.78, 5) is 4.19. The standard InChI is InChI=1S/C10H13N3S/c1-12-9(8-11)5-7-14-10-4-2-3-6-13-10/h2-4,6,9,12H,5,7H2,1H3. The second kappa shape index (κ2) is 6.41. The molecule has 0 aromatic carbocycles. The van der Waals surface area contributed by atoms with Gasteiger partial charge in [0.05, 0.1) is 17.1 Å². The number of rotatable bonds is 5. The molecule has 0 aliphatic heterocycles. The fourth-order valence-electron chi connectivity index (χ4n) is 0.987. The molecular formula is C10H13N3S. The first-order valence-electron chi connectivity index (χ1n) is 4.47. The number of thioether (sulfide) groups is 1. The van der Waals surface area contributed by atoms with Crippen LogP contribution in [0.25, 0.3) is 0 Å². The second-order valence-electron chi connectivity index (χ2n) is 2.78. The third-order valence-electron chi connectivity index (χ3n) is 1.80. The molecule has 0 spiro atoms. The molecular weight excluding hydrogens is 194 g/mol. The van der Waals surface area contributed by atoms with E-state index in [0.29, 0.717) is 0 Å². The third-order valence-corrected chi connectivity index (χ3v) is 2.78. The van der Waals surface area contributed by atoms with Crippen molar-refractivity contribution in [1.29, 1.82) is 5.26 Å². The minimum absolute atomic E-state index is 0.0498. The molecule has 1 rings (SSSR count). The van der Waals surface area contributed by atoms with Gasteiger partial charge in [0.25, 0.3) is 0 Å². The van der Waals surface area contributed by atoms with E-state index < -0.39 is 0 Å². The molecule has 0 radical (unpaired) electrons. The molecule has 74 valence electrons. The van der Waals surface area contributed by atoms with Gasteiger partial charge in [-0.2, -0.15) is 5.26 Å². The van der Waals surface area contributed by atoms with Crippen molar-refractivity contribution in [3.63, 3.8) is 0 Å². The highest BCUT2D eigenvalue weighted by Gasteiger charge is 2.03. The molecule has 0 aliphatic carbocycles. The maximum atomic E-state index is 8.69. The summed E-state index contributed by atoms with van der Waals surface area (Å²) in [6.07, 6.45) is 2.62. The van der Waals surface area contributed by atoms with Gasteiger partial charge >= 0.3 is 0 Å². The molecule has 1 heterocycles. The van der Waals surface area contributed by atoms with Crippen molar-refractivity contribution >= 4 is 11.8 Å². The number of hydrogen-bond acceptors (Lipinski definition) is 4. The predicted octanol–water partition coefficient (Wildman–Crippen LogP) is 1.68. The molecule has 3 nitrogen and oxygen atoms in total. The first-order valence-corrected chi connectivity index (χ1v) is 5.46. The molecule has 1 aromatic rings. The van der Waals surface area contributed by atoms with Gasteiger partial charge in [0.2, 0.25) is 0 Å². The van der Waals surface area contributed by atoms with E-state index >= 15 is 0 Å². The third kappa shape index (κ3) is 3.77. The van der Waals surface area contributed by atoms with Crippen LogP contribution < -0.4 is 5.32 Å². The summed E-state index contributed by atoms with van der Waals surface area (Å²) < 4.78 is 0. The molecule has 0 amide bonds. The molecule has 14 heavy (non-hydrogen) atoms. The van der Waals surface area contributed by atoms with E-state index in [9.17, 15) is 0 Å². The van der Waals surface area contributed by atoms with Crippen LogP contribution in [0.1, 0.15) is 6.42 Å². The van der Waals surface area contributed by atoms with Crippen LogP contribution in [0.3, 0.4) is 0 Å². The van der Waals surface area contributed by atoms with Crippen LogP contribution in [0.4, 0.5) is 0 Å². The minimum Gasteiger partial charge on any atom is -0.305 e. The molecule has 1 atom stereocenters. The Labute approximate surface area is 88.5 Å². The Morgan fingerprint density at radius 1 is 1.64 bits per heavy atom. The second-order valence-corrected chi connectivity index (χ2v) is 3.89. The fourth-order valence-corrected chi connectivity index (χ4v) is 1.86. The van der Waals surface area contributed by atoms with Crippen LogP contribution >= 0.6 is 11.8 Å². The topological polar surface area (TPSA) is 48.7 Å². The summed E-state index contributed by atoms with van der Waals surface area (Å²) in [6, 6.07) is 7.99. The Morgan fingerprint density at radius 2 is 2.50 bits per heavy atom. The van der Waals surface area contributed by atoms with Gasteiger partial charge in [0.1, 0.15) is 0 Å². The van der Waals surface area contributed by atoms with Gasteiger partial charge in [-0.25, -0.2) is 4.98 Å². The lowest BCUT2D eigenvalue weighted by atomic mass is 10.3. The minimum atomic E-state index is -0.0498. The Kier molecular flexibility index (Phi) is 5.05. The Bertz CT molecular complexity index is 294. The Hall–Kier alpha value is -1.05. The number of nitriles is 1. The molecule has 4 heteroatoms. The summed E-state index contributed by atoms with van der Waals surface area (Å²) in [5, 5.41) is 12.6. The van der Waals surface area contributed by atoms with E-state index in [-0.39, 0.29) is 6.04 Å². The number of pyridine rings is 1. The molecule has 1 aromatic heterocycles. The fraction of sp³-hybridized carbons (Fsp3) is 0.400.